The summed E-state index contributed by atoms with van der Waals surface area (Å²) in [5.41, 5.74) is 3.86. The molecule has 96 valence electrons. The molecular weight excluding hydrogens is 226 g/mol. The molecule has 0 spiro atoms. The zero-order valence-electron chi connectivity index (χ0n) is 11.3. The highest BCUT2D eigenvalue weighted by Gasteiger charge is 2.19. The van der Waals surface area contributed by atoms with Gasteiger partial charge in [-0.3, -0.25) is 9.48 Å². The minimum Gasteiger partial charge on any atom is -0.382 e. The van der Waals surface area contributed by atoms with Gasteiger partial charge in [-0.1, -0.05) is 6.08 Å². The minimum absolute atomic E-state index is 0.0689. The minimum atomic E-state index is 0.0689. The standard InChI is InChI=1S/C14H19N3O/c1-9-5-6-13(12(4)15-9)14(18)8-17-11(3)7-10(2)16-17/h5-7,12,15H,8H2,1-4H3. The molecule has 1 unspecified atom stereocenters. The highest BCUT2D eigenvalue weighted by Crippen LogP contribution is 2.13. The summed E-state index contributed by atoms with van der Waals surface area (Å²) >= 11 is 0. The van der Waals surface area contributed by atoms with E-state index < -0.39 is 0 Å². The largest absolute Gasteiger partial charge is 0.382 e. The molecule has 0 saturated heterocycles. The highest BCUT2D eigenvalue weighted by molar-refractivity contribution is 5.96. The molecule has 1 aliphatic rings. The van der Waals surface area contributed by atoms with E-state index >= 15 is 0 Å². The monoisotopic (exact) mass is 245 g/mol. The van der Waals surface area contributed by atoms with Crippen LogP contribution in [0.15, 0.2) is 29.5 Å². The summed E-state index contributed by atoms with van der Waals surface area (Å²) in [4.78, 5) is 12.2. The van der Waals surface area contributed by atoms with Gasteiger partial charge in [-0.15, -0.1) is 0 Å². The number of dihydropyridines is 1. The molecule has 2 heterocycles. The number of rotatable bonds is 3. The number of hydrogen-bond donors (Lipinski definition) is 1. The Kier molecular flexibility index (Phi) is 3.36. The maximum Gasteiger partial charge on any atom is 0.182 e. The van der Waals surface area contributed by atoms with Crippen molar-refractivity contribution in [2.75, 3.05) is 0 Å². The lowest BCUT2D eigenvalue weighted by Crippen LogP contribution is -2.33. The summed E-state index contributed by atoms with van der Waals surface area (Å²) in [6.07, 6.45) is 3.85. The Morgan fingerprint density at radius 3 is 2.67 bits per heavy atom. The lowest BCUT2D eigenvalue weighted by Gasteiger charge is -2.21. The number of Topliss-reactive ketones (excluding diaryl/α,β-unsaturated/α-hetero) is 1. The smallest absolute Gasteiger partial charge is 0.182 e. The number of carbonyl (C=O) groups is 1. The fourth-order valence-corrected chi connectivity index (χ4v) is 2.22. The zero-order chi connectivity index (χ0) is 13.3. The summed E-state index contributed by atoms with van der Waals surface area (Å²) in [5.74, 6) is 0.116. The van der Waals surface area contributed by atoms with Crippen LogP contribution < -0.4 is 5.32 Å². The number of nitrogens with zero attached hydrogens (tertiary/aromatic N) is 2. The van der Waals surface area contributed by atoms with Gasteiger partial charge < -0.3 is 5.32 Å². The molecule has 1 atom stereocenters. The topological polar surface area (TPSA) is 46.9 Å². The van der Waals surface area contributed by atoms with Gasteiger partial charge in [0.05, 0.1) is 11.7 Å². The first-order chi connectivity index (χ1) is 8.47. The first-order valence-corrected chi connectivity index (χ1v) is 6.16. The van der Waals surface area contributed by atoms with Crippen molar-refractivity contribution in [2.24, 2.45) is 0 Å². The summed E-state index contributed by atoms with van der Waals surface area (Å²) in [7, 11) is 0. The number of hydrogen-bond acceptors (Lipinski definition) is 3. The van der Waals surface area contributed by atoms with Crippen molar-refractivity contribution < 1.29 is 4.79 Å². The maximum absolute atomic E-state index is 12.2. The average Bonchev–Trinajstić information content (AvgIpc) is 2.57. The lowest BCUT2D eigenvalue weighted by atomic mass is 10.0. The van der Waals surface area contributed by atoms with Crippen molar-refractivity contribution in [2.45, 2.75) is 40.3 Å². The van der Waals surface area contributed by atoms with Gasteiger partial charge in [-0.2, -0.15) is 5.10 Å². The van der Waals surface area contributed by atoms with Gasteiger partial charge in [0, 0.05) is 17.0 Å². The number of allylic oxidation sites excluding steroid dienone is 3. The quantitative estimate of drug-likeness (QED) is 0.884. The molecule has 0 aliphatic carbocycles. The first kappa shape index (κ1) is 12.6. The fourth-order valence-electron chi connectivity index (χ4n) is 2.22. The summed E-state index contributed by atoms with van der Waals surface area (Å²) in [6.45, 7) is 8.21. The molecule has 2 rings (SSSR count). The molecule has 0 fully saturated rings. The molecule has 1 aliphatic heterocycles. The molecule has 1 N–H and O–H groups in total. The third-order valence-electron chi connectivity index (χ3n) is 3.14. The Morgan fingerprint density at radius 2 is 2.11 bits per heavy atom. The predicted octanol–water partition coefficient (Wildman–Crippen LogP) is 1.89. The number of nitrogens with one attached hydrogen (secondary N) is 1. The first-order valence-electron chi connectivity index (χ1n) is 6.16. The van der Waals surface area contributed by atoms with E-state index in [-0.39, 0.29) is 11.8 Å². The van der Waals surface area contributed by atoms with Gasteiger partial charge in [-0.05, 0) is 39.8 Å². The van der Waals surface area contributed by atoms with E-state index in [2.05, 4.69) is 10.4 Å². The second-order valence-corrected chi connectivity index (χ2v) is 4.85. The number of carbonyl (C=O) groups excluding carboxylic acids is 1. The van der Waals surface area contributed by atoms with Crippen LogP contribution in [0.1, 0.15) is 25.2 Å². The molecule has 4 nitrogen and oxygen atoms in total. The normalized spacial score (nSPS) is 19.0. The van der Waals surface area contributed by atoms with Crippen molar-refractivity contribution in [1.82, 2.24) is 15.1 Å². The number of aromatic nitrogens is 2. The van der Waals surface area contributed by atoms with Gasteiger partial charge in [0.2, 0.25) is 0 Å². The van der Waals surface area contributed by atoms with E-state index in [0.29, 0.717) is 6.54 Å². The van der Waals surface area contributed by atoms with E-state index in [0.717, 1.165) is 22.7 Å². The van der Waals surface area contributed by atoms with Crippen LogP contribution in [0, 0.1) is 13.8 Å². The summed E-state index contributed by atoms with van der Waals surface area (Å²) in [5, 5.41) is 7.58. The van der Waals surface area contributed by atoms with E-state index in [4.69, 9.17) is 0 Å². The summed E-state index contributed by atoms with van der Waals surface area (Å²) < 4.78 is 1.76. The van der Waals surface area contributed by atoms with Crippen molar-refractivity contribution in [3.05, 3.63) is 40.9 Å². The van der Waals surface area contributed by atoms with Crippen LogP contribution >= 0.6 is 0 Å². The van der Waals surface area contributed by atoms with E-state index in [1.54, 1.807) is 4.68 Å². The third kappa shape index (κ3) is 2.53. The van der Waals surface area contributed by atoms with Crippen molar-refractivity contribution in [3.63, 3.8) is 0 Å². The van der Waals surface area contributed by atoms with Crippen molar-refractivity contribution >= 4 is 5.78 Å². The van der Waals surface area contributed by atoms with E-state index in [9.17, 15) is 4.79 Å². The molecular formula is C14H19N3O. The van der Waals surface area contributed by atoms with Gasteiger partial charge in [0.25, 0.3) is 0 Å². The Hall–Kier alpha value is -1.84. The molecule has 18 heavy (non-hydrogen) atoms. The Bertz CT molecular complexity index is 537. The molecule has 4 heteroatoms. The van der Waals surface area contributed by atoms with Gasteiger partial charge >= 0.3 is 0 Å². The summed E-state index contributed by atoms with van der Waals surface area (Å²) in [6, 6.07) is 2.05. The highest BCUT2D eigenvalue weighted by atomic mass is 16.1. The van der Waals surface area contributed by atoms with Crippen LogP contribution in [-0.4, -0.2) is 21.6 Å². The maximum atomic E-state index is 12.2. The Labute approximate surface area is 107 Å². The van der Waals surface area contributed by atoms with Crippen LogP contribution in [0.5, 0.6) is 0 Å². The lowest BCUT2D eigenvalue weighted by molar-refractivity contribution is -0.116. The van der Waals surface area contributed by atoms with Crippen molar-refractivity contribution in [3.8, 4) is 0 Å². The Morgan fingerprint density at radius 1 is 1.39 bits per heavy atom. The van der Waals surface area contributed by atoms with Crippen LogP contribution in [0.3, 0.4) is 0 Å². The predicted molar refractivity (Wildman–Crippen MR) is 71.1 cm³/mol. The van der Waals surface area contributed by atoms with Gasteiger partial charge in [0.15, 0.2) is 5.78 Å². The molecule has 0 amide bonds. The van der Waals surface area contributed by atoms with Crippen LogP contribution in [0.25, 0.3) is 0 Å². The molecule has 1 aromatic heterocycles. The average molecular weight is 245 g/mol. The molecule has 0 radical (unpaired) electrons. The van der Waals surface area contributed by atoms with Crippen LogP contribution in [0.4, 0.5) is 0 Å². The van der Waals surface area contributed by atoms with E-state index in [1.807, 2.05) is 45.9 Å². The van der Waals surface area contributed by atoms with Crippen LogP contribution in [-0.2, 0) is 11.3 Å². The molecule has 0 saturated carbocycles. The zero-order valence-corrected chi connectivity index (χ0v) is 11.3. The molecule has 0 aromatic carbocycles. The van der Waals surface area contributed by atoms with Gasteiger partial charge in [-0.25, -0.2) is 0 Å². The SMILES string of the molecule is CC1=CC=C(C(=O)Cn2nc(C)cc2C)C(C)N1. The van der Waals surface area contributed by atoms with Gasteiger partial charge in [0.1, 0.15) is 6.54 Å². The Balaban J connectivity index is 2.16. The second-order valence-electron chi connectivity index (χ2n) is 4.85. The fraction of sp³-hybridized carbons (Fsp3) is 0.429. The second kappa shape index (κ2) is 4.80. The van der Waals surface area contributed by atoms with Crippen molar-refractivity contribution in [1.29, 1.82) is 0 Å². The van der Waals surface area contributed by atoms with Crippen LogP contribution in [0.2, 0.25) is 0 Å². The number of ketones is 1. The van der Waals surface area contributed by atoms with E-state index in [1.165, 1.54) is 0 Å². The third-order valence-corrected chi connectivity index (χ3v) is 3.14. The number of aryl methyl sites for hydroxylation is 2. The molecule has 1 aromatic rings. The molecule has 0 bridgehead atoms.